The Hall–Kier alpha value is -3.68. The minimum Gasteiger partial charge on any atom is -0.459 e. The van der Waals surface area contributed by atoms with Gasteiger partial charge in [0.05, 0.1) is 11.7 Å². The summed E-state index contributed by atoms with van der Waals surface area (Å²) >= 11 is 11.8. The Kier molecular flexibility index (Phi) is 7.26. The first-order chi connectivity index (χ1) is 17.9. The highest BCUT2D eigenvalue weighted by Gasteiger charge is 2.41. The topological polar surface area (TPSA) is 70.4 Å². The summed E-state index contributed by atoms with van der Waals surface area (Å²) < 4.78 is 6.34. The Bertz CT molecular complexity index is 1420. The molecule has 1 aliphatic rings. The number of pyridine rings is 1. The molecule has 37 heavy (non-hydrogen) atoms. The number of benzene rings is 2. The molecule has 188 valence electrons. The van der Waals surface area contributed by atoms with Crippen LogP contribution in [-0.2, 0) is 4.79 Å². The van der Waals surface area contributed by atoms with E-state index in [0.717, 1.165) is 39.6 Å². The van der Waals surface area contributed by atoms with Crippen LogP contribution < -0.4 is 10.6 Å². The average molecular weight is 531 g/mol. The Morgan fingerprint density at radius 2 is 1.92 bits per heavy atom. The predicted molar refractivity (Wildman–Crippen MR) is 150 cm³/mol. The van der Waals surface area contributed by atoms with Crippen molar-refractivity contribution in [2.24, 2.45) is 0 Å². The van der Waals surface area contributed by atoms with Crippen molar-refractivity contribution in [1.29, 1.82) is 0 Å². The van der Waals surface area contributed by atoms with E-state index in [1.54, 1.807) is 6.20 Å². The van der Waals surface area contributed by atoms with Crippen molar-refractivity contribution >= 4 is 40.5 Å². The number of furan rings is 1. The van der Waals surface area contributed by atoms with Crippen molar-refractivity contribution in [2.45, 2.75) is 32.4 Å². The molecule has 0 aliphatic carbocycles. The molecular formula is C29H27ClN4O2S. The van der Waals surface area contributed by atoms with Crippen LogP contribution in [-0.4, -0.2) is 27.4 Å². The van der Waals surface area contributed by atoms with Crippen LogP contribution in [0.25, 0.3) is 11.3 Å². The number of carbonyl (C=O) groups excluding carboxylic acids is 1. The van der Waals surface area contributed by atoms with E-state index in [9.17, 15) is 4.79 Å². The number of aromatic nitrogens is 1. The number of thiocarbonyl (C=S) groups is 1. The third kappa shape index (κ3) is 5.53. The number of nitrogens with zero attached hydrogens (tertiary/aromatic N) is 2. The molecule has 2 aromatic carbocycles. The summed E-state index contributed by atoms with van der Waals surface area (Å²) in [4.78, 5) is 19.5. The third-order valence-corrected chi connectivity index (χ3v) is 7.10. The highest BCUT2D eigenvalue weighted by molar-refractivity contribution is 7.80. The summed E-state index contributed by atoms with van der Waals surface area (Å²) in [7, 11) is 0. The van der Waals surface area contributed by atoms with Gasteiger partial charge in [-0.05, 0) is 91.8 Å². The van der Waals surface area contributed by atoms with Crippen molar-refractivity contribution in [3.05, 3.63) is 107 Å². The minimum atomic E-state index is -0.267. The number of anilines is 1. The fourth-order valence-corrected chi connectivity index (χ4v) is 5.00. The maximum absolute atomic E-state index is 12.9. The van der Waals surface area contributed by atoms with Gasteiger partial charge in [-0.3, -0.25) is 9.78 Å². The van der Waals surface area contributed by atoms with Crippen molar-refractivity contribution in [3.8, 4) is 11.3 Å². The first kappa shape index (κ1) is 25.0. The number of hydrogen-bond donors (Lipinski definition) is 2. The normalized spacial score (nSPS) is 17.1. The van der Waals surface area contributed by atoms with Crippen LogP contribution in [0.2, 0.25) is 5.02 Å². The van der Waals surface area contributed by atoms with E-state index >= 15 is 0 Å². The zero-order chi connectivity index (χ0) is 25.9. The second-order valence-electron chi connectivity index (χ2n) is 9.15. The Labute approximate surface area is 226 Å². The molecule has 1 amide bonds. The molecule has 4 aromatic rings. The maximum atomic E-state index is 12.9. The Balaban J connectivity index is 1.39. The van der Waals surface area contributed by atoms with Crippen LogP contribution in [0.4, 0.5) is 5.69 Å². The van der Waals surface area contributed by atoms with E-state index in [4.69, 9.17) is 28.2 Å². The fourth-order valence-electron chi connectivity index (χ4n) is 4.54. The van der Waals surface area contributed by atoms with Gasteiger partial charge in [0, 0.05) is 35.4 Å². The van der Waals surface area contributed by atoms with E-state index in [0.29, 0.717) is 16.7 Å². The first-order valence-corrected chi connectivity index (χ1v) is 12.9. The van der Waals surface area contributed by atoms with Crippen LogP contribution in [0.3, 0.4) is 0 Å². The van der Waals surface area contributed by atoms with Gasteiger partial charge in [-0.2, -0.15) is 0 Å². The van der Waals surface area contributed by atoms with Crippen molar-refractivity contribution in [3.63, 3.8) is 0 Å². The maximum Gasteiger partial charge on any atom is 0.226 e. The zero-order valence-electron chi connectivity index (χ0n) is 20.6. The van der Waals surface area contributed by atoms with Gasteiger partial charge in [0.25, 0.3) is 0 Å². The molecule has 3 heterocycles. The molecule has 2 aromatic heterocycles. The number of amides is 1. The molecule has 0 unspecified atom stereocenters. The smallest absolute Gasteiger partial charge is 0.226 e. The monoisotopic (exact) mass is 530 g/mol. The van der Waals surface area contributed by atoms with Crippen LogP contribution in [0.15, 0.2) is 83.4 Å². The lowest BCUT2D eigenvalue weighted by Gasteiger charge is -2.26. The molecule has 1 aliphatic heterocycles. The molecule has 5 rings (SSSR count). The van der Waals surface area contributed by atoms with Gasteiger partial charge >= 0.3 is 0 Å². The Morgan fingerprint density at radius 1 is 1.11 bits per heavy atom. The third-order valence-electron chi connectivity index (χ3n) is 6.49. The largest absolute Gasteiger partial charge is 0.459 e. The van der Waals surface area contributed by atoms with Gasteiger partial charge in [-0.25, -0.2) is 0 Å². The summed E-state index contributed by atoms with van der Waals surface area (Å²) in [5, 5.41) is 7.67. The standard InChI is InChI=1S/C29H27ClN4O2S/c1-18-6-7-19(2)23(17-18)32-26(35)14-16-34-28(27(33-29(34)37)22-5-3-4-15-31-22)25-13-12-24(36-25)20-8-10-21(30)11-9-20/h3-13,15,17,27-28H,14,16H2,1-2H3,(H,32,35)(H,33,37)/t27-,28+/m1/s1. The zero-order valence-corrected chi connectivity index (χ0v) is 22.1. The molecule has 2 N–H and O–H groups in total. The van der Waals surface area contributed by atoms with Crippen LogP contribution >= 0.6 is 23.8 Å². The second-order valence-corrected chi connectivity index (χ2v) is 9.97. The SMILES string of the molecule is Cc1ccc(C)c(NC(=O)CCN2C(=S)N[C@H](c3ccccn3)[C@@H]2c2ccc(-c3ccc(Cl)cc3)o2)c1. The molecule has 1 saturated heterocycles. The Morgan fingerprint density at radius 3 is 2.68 bits per heavy atom. The van der Waals surface area contributed by atoms with Crippen molar-refractivity contribution in [1.82, 2.24) is 15.2 Å². The van der Waals surface area contributed by atoms with Crippen LogP contribution in [0.1, 0.15) is 41.1 Å². The lowest BCUT2D eigenvalue weighted by molar-refractivity contribution is -0.116. The summed E-state index contributed by atoms with van der Waals surface area (Å²) in [6.07, 6.45) is 2.03. The highest BCUT2D eigenvalue weighted by Crippen LogP contribution is 2.40. The van der Waals surface area contributed by atoms with Gasteiger partial charge in [-0.1, -0.05) is 29.8 Å². The van der Waals surface area contributed by atoms with E-state index in [1.807, 2.05) is 91.5 Å². The quantitative estimate of drug-likeness (QED) is 0.262. The van der Waals surface area contributed by atoms with Crippen molar-refractivity contribution in [2.75, 3.05) is 11.9 Å². The van der Waals surface area contributed by atoms with Gasteiger partial charge in [-0.15, -0.1) is 0 Å². The first-order valence-electron chi connectivity index (χ1n) is 12.1. The molecule has 6 nitrogen and oxygen atoms in total. The summed E-state index contributed by atoms with van der Waals surface area (Å²) in [5.41, 5.74) is 4.72. The molecule has 2 atom stereocenters. The van der Waals surface area contributed by atoms with Gasteiger partial charge in [0.1, 0.15) is 17.6 Å². The summed E-state index contributed by atoms with van der Waals surface area (Å²) in [6.45, 7) is 4.41. The van der Waals surface area contributed by atoms with E-state index in [-0.39, 0.29) is 24.4 Å². The lowest BCUT2D eigenvalue weighted by Crippen LogP contribution is -2.32. The highest BCUT2D eigenvalue weighted by atomic mass is 35.5. The van der Waals surface area contributed by atoms with E-state index in [1.165, 1.54) is 0 Å². The number of hydrogen-bond acceptors (Lipinski definition) is 4. The molecule has 0 radical (unpaired) electrons. The van der Waals surface area contributed by atoms with E-state index in [2.05, 4.69) is 15.6 Å². The van der Waals surface area contributed by atoms with Gasteiger partial charge < -0.3 is 20.0 Å². The fraction of sp³-hybridized carbons (Fsp3) is 0.207. The number of nitrogens with one attached hydrogen (secondary N) is 2. The molecule has 8 heteroatoms. The molecule has 0 saturated carbocycles. The predicted octanol–water partition coefficient (Wildman–Crippen LogP) is 6.61. The molecule has 0 spiro atoms. The number of aryl methyl sites for hydroxylation is 2. The molecule has 1 fully saturated rings. The summed E-state index contributed by atoms with van der Waals surface area (Å²) in [6, 6.07) is 22.8. The van der Waals surface area contributed by atoms with Gasteiger partial charge in [0.2, 0.25) is 5.91 Å². The molecule has 0 bridgehead atoms. The van der Waals surface area contributed by atoms with Crippen LogP contribution in [0.5, 0.6) is 0 Å². The van der Waals surface area contributed by atoms with E-state index < -0.39 is 0 Å². The molecular weight excluding hydrogens is 504 g/mol. The summed E-state index contributed by atoms with van der Waals surface area (Å²) in [5.74, 6) is 1.40. The van der Waals surface area contributed by atoms with Gasteiger partial charge in [0.15, 0.2) is 5.11 Å². The lowest BCUT2D eigenvalue weighted by atomic mass is 10.0. The van der Waals surface area contributed by atoms with Crippen LogP contribution in [0, 0.1) is 13.8 Å². The second kappa shape index (κ2) is 10.7. The van der Waals surface area contributed by atoms with Crippen molar-refractivity contribution < 1.29 is 9.21 Å². The number of rotatable bonds is 7. The average Bonchev–Trinajstić information content (AvgIpc) is 3.50. The minimum absolute atomic E-state index is 0.0714. The number of carbonyl (C=O) groups is 1. The number of halogens is 1.